The van der Waals surface area contributed by atoms with E-state index in [4.69, 9.17) is 5.73 Å². The number of nitrogens with one attached hydrogen (secondary N) is 1. The molecule has 3 N–H and O–H groups in total. The zero-order valence-corrected chi connectivity index (χ0v) is 19.6. The molecule has 2 aliphatic rings. The summed E-state index contributed by atoms with van der Waals surface area (Å²) in [6.45, 7) is 5.30. The lowest BCUT2D eigenvalue weighted by Crippen LogP contribution is -2.50. The van der Waals surface area contributed by atoms with Gasteiger partial charge in [0.15, 0.2) is 5.78 Å². The molecule has 1 amide bonds. The SMILES string of the molecule is CC1(C)c2cc(C(=O)N3CCN(S(C)(=O)=O)CC3)ccc2C(=O)c2c1[nH]c1cc(N)ccc21. The highest BCUT2D eigenvalue weighted by molar-refractivity contribution is 7.88. The largest absolute Gasteiger partial charge is 0.399 e. The van der Waals surface area contributed by atoms with Crippen molar-refractivity contribution >= 4 is 38.3 Å². The number of hydrogen-bond donors (Lipinski definition) is 2. The number of ketones is 1. The number of fused-ring (bicyclic) bond motifs is 4. The van der Waals surface area contributed by atoms with Gasteiger partial charge in [0, 0.05) is 65.0 Å². The Morgan fingerprint density at radius 3 is 2.42 bits per heavy atom. The van der Waals surface area contributed by atoms with Crippen LogP contribution in [0.5, 0.6) is 0 Å². The lowest BCUT2D eigenvalue weighted by molar-refractivity contribution is 0.0697. The molecule has 0 atom stereocenters. The van der Waals surface area contributed by atoms with Crippen LogP contribution in [0.4, 0.5) is 5.69 Å². The zero-order chi connectivity index (χ0) is 23.7. The van der Waals surface area contributed by atoms with Gasteiger partial charge in [-0.15, -0.1) is 0 Å². The number of rotatable bonds is 2. The second-order valence-electron chi connectivity index (χ2n) is 9.35. The summed E-state index contributed by atoms with van der Waals surface area (Å²) in [5.74, 6) is -0.236. The van der Waals surface area contributed by atoms with Crippen molar-refractivity contribution in [3.63, 3.8) is 0 Å². The highest BCUT2D eigenvalue weighted by Crippen LogP contribution is 2.44. The van der Waals surface area contributed by atoms with Crippen molar-refractivity contribution < 1.29 is 18.0 Å². The molecular weight excluding hydrogens is 440 g/mol. The Kier molecular flexibility index (Phi) is 4.70. The molecule has 5 rings (SSSR count). The average Bonchev–Trinajstić information content (AvgIpc) is 3.16. The van der Waals surface area contributed by atoms with Gasteiger partial charge in [-0.3, -0.25) is 9.59 Å². The fourth-order valence-corrected chi connectivity index (χ4v) is 5.81. The van der Waals surface area contributed by atoms with Crippen LogP contribution in [0.2, 0.25) is 0 Å². The van der Waals surface area contributed by atoms with Gasteiger partial charge in [-0.25, -0.2) is 8.42 Å². The number of H-pyrrole nitrogens is 1. The molecule has 3 aromatic rings. The van der Waals surface area contributed by atoms with Crippen molar-refractivity contribution in [1.29, 1.82) is 0 Å². The Labute approximate surface area is 192 Å². The van der Waals surface area contributed by atoms with Crippen molar-refractivity contribution in [2.45, 2.75) is 19.3 Å². The van der Waals surface area contributed by atoms with Crippen LogP contribution < -0.4 is 5.73 Å². The summed E-state index contributed by atoms with van der Waals surface area (Å²) in [4.78, 5) is 31.7. The molecule has 1 saturated heterocycles. The van der Waals surface area contributed by atoms with Crippen LogP contribution in [0, 0.1) is 0 Å². The van der Waals surface area contributed by atoms with Crippen LogP contribution >= 0.6 is 0 Å². The smallest absolute Gasteiger partial charge is 0.253 e. The molecular formula is C24H26N4O4S. The first-order chi connectivity index (χ1) is 15.5. The second kappa shape index (κ2) is 7.16. The highest BCUT2D eigenvalue weighted by atomic mass is 32.2. The van der Waals surface area contributed by atoms with Gasteiger partial charge in [-0.05, 0) is 35.9 Å². The molecule has 2 aromatic carbocycles. The number of amides is 1. The molecule has 1 fully saturated rings. The fraction of sp³-hybridized carbons (Fsp3) is 0.333. The van der Waals surface area contributed by atoms with E-state index < -0.39 is 15.4 Å². The predicted octanol–water partition coefficient (Wildman–Crippen LogP) is 2.34. The van der Waals surface area contributed by atoms with Gasteiger partial charge in [0.05, 0.1) is 11.8 Å². The molecule has 8 nitrogen and oxygen atoms in total. The number of benzene rings is 2. The standard InChI is InChI=1S/C24H26N4O4S/c1-24(2)18-12-14(23(30)27-8-10-28(11-9-27)33(3,31)32)4-6-16(18)21(29)20-17-7-5-15(25)13-19(17)26-22(20)24/h4-7,12-13,26H,8-11,25H2,1-3H3. The van der Waals surface area contributed by atoms with Crippen LogP contribution in [0.3, 0.4) is 0 Å². The maximum Gasteiger partial charge on any atom is 0.253 e. The summed E-state index contributed by atoms with van der Waals surface area (Å²) in [7, 11) is -3.27. The third-order valence-corrected chi connectivity index (χ3v) is 8.16. The van der Waals surface area contributed by atoms with Crippen LogP contribution in [0.15, 0.2) is 36.4 Å². The number of nitrogens with zero attached hydrogens (tertiary/aromatic N) is 2. The molecule has 0 unspecified atom stereocenters. The third kappa shape index (κ3) is 3.34. The summed E-state index contributed by atoms with van der Waals surface area (Å²) in [6, 6.07) is 10.7. The summed E-state index contributed by atoms with van der Waals surface area (Å²) in [6.07, 6.45) is 1.18. The van der Waals surface area contributed by atoms with E-state index in [1.165, 1.54) is 10.6 Å². The van der Waals surface area contributed by atoms with Crippen molar-refractivity contribution in [3.05, 3.63) is 64.3 Å². The Morgan fingerprint density at radius 1 is 1.06 bits per heavy atom. The normalized spacial score (nSPS) is 18.3. The summed E-state index contributed by atoms with van der Waals surface area (Å²) < 4.78 is 24.9. The number of nitrogen functional groups attached to an aromatic ring is 1. The van der Waals surface area contributed by atoms with E-state index in [1.807, 2.05) is 26.0 Å². The predicted molar refractivity (Wildman–Crippen MR) is 127 cm³/mol. The van der Waals surface area contributed by atoms with E-state index in [0.717, 1.165) is 22.2 Å². The van der Waals surface area contributed by atoms with E-state index in [0.29, 0.717) is 35.5 Å². The van der Waals surface area contributed by atoms with Crippen LogP contribution in [0.25, 0.3) is 10.9 Å². The zero-order valence-electron chi connectivity index (χ0n) is 18.8. The monoisotopic (exact) mass is 466 g/mol. The molecule has 0 radical (unpaired) electrons. The maximum absolute atomic E-state index is 13.5. The number of sulfonamides is 1. The van der Waals surface area contributed by atoms with E-state index in [9.17, 15) is 18.0 Å². The van der Waals surface area contributed by atoms with Gasteiger partial charge in [-0.2, -0.15) is 4.31 Å². The molecule has 172 valence electrons. The van der Waals surface area contributed by atoms with Crippen LogP contribution in [-0.2, 0) is 15.4 Å². The van der Waals surface area contributed by atoms with E-state index in [-0.39, 0.29) is 24.8 Å². The summed E-state index contributed by atoms with van der Waals surface area (Å²) >= 11 is 0. The number of nitrogens with two attached hydrogens (primary N) is 1. The Hall–Kier alpha value is -3.17. The van der Waals surface area contributed by atoms with E-state index >= 15 is 0 Å². The van der Waals surface area contributed by atoms with Gasteiger partial charge in [-0.1, -0.05) is 19.9 Å². The number of carbonyl (C=O) groups excluding carboxylic acids is 2. The summed E-state index contributed by atoms with van der Waals surface area (Å²) in [5.41, 5.74) is 10.2. The minimum absolute atomic E-state index is 0.0730. The lowest BCUT2D eigenvalue weighted by atomic mass is 9.71. The summed E-state index contributed by atoms with van der Waals surface area (Å²) in [5, 5.41) is 0.840. The molecule has 0 spiro atoms. The van der Waals surface area contributed by atoms with Crippen LogP contribution in [-0.4, -0.2) is 66.7 Å². The first kappa shape index (κ1) is 21.7. The minimum Gasteiger partial charge on any atom is -0.399 e. The maximum atomic E-state index is 13.5. The molecule has 1 aliphatic heterocycles. The topological polar surface area (TPSA) is 117 Å². The molecule has 33 heavy (non-hydrogen) atoms. The Balaban J connectivity index is 1.51. The number of hydrogen-bond acceptors (Lipinski definition) is 5. The first-order valence-electron chi connectivity index (χ1n) is 10.8. The lowest BCUT2D eigenvalue weighted by Gasteiger charge is -2.35. The Bertz CT molecular complexity index is 1430. The molecule has 0 saturated carbocycles. The van der Waals surface area contributed by atoms with E-state index in [2.05, 4.69) is 4.98 Å². The third-order valence-electron chi connectivity index (χ3n) is 6.85. The van der Waals surface area contributed by atoms with Gasteiger partial charge >= 0.3 is 0 Å². The van der Waals surface area contributed by atoms with Crippen molar-refractivity contribution in [2.75, 3.05) is 38.2 Å². The molecule has 1 aliphatic carbocycles. The van der Waals surface area contributed by atoms with Gasteiger partial charge in [0.1, 0.15) is 0 Å². The van der Waals surface area contributed by atoms with Crippen molar-refractivity contribution in [1.82, 2.24) is 14.2 Å². The first-order valence-corrected chi connectivity index (χ1v) is 12.7. The van der Waals surface area contributed by atoms with Crippen molar-refractivity contribution in [3.8, 4) is 0 Å². The molecule has 2 heterocycles. The second-order valence-corrected chi connectivity index (χ2v) is 11.3. The highest BCUT2D eigenvalue weighted by Gasteiger charge is 2.40. The van der Waals surface area contributed by atoms with Crippen LogP contribution in [0.1, 0.15) is 51.4 Å². The number of piperazine rings is 1. The number of aromatic nitrogens is 1. The van der Waals surface area contributed by atoms with Gasteiger partial charge in [0.25, 0.3) is 5.91 Å². The minimum atomic E-state index is -3.27. The molecule has 9 heteroatoms. The fourth-order valence-electron chi connectivity index (χ4n) is 4.99. The van der Waals surface area contributed by atoms with E-state index in [1.54, 1.807) is 29.2 Å². The number of aromatic amines is 1. The quantitative estimate of drug-likeness (QED) is 0.563. The Morgan fingerprint density at radius 2 is 1.76 bits per heavy atom. The van der Waals surface area contributed by atoms with Crippen molar-refractivity contribution in [2.24, 2.45) is 0 Å². The van der Waals surface area contributed by atoms with Gasteiger partial charge in [0.2, 0.25) is 10.0 Å². The average molecular weight is 467 g/mol. The molecule has 1 aromatic heterocycles. The number of carbonyl (C=O) groups is 2. The van der Waals surface area contributed by atoms with Gasteiger partial charge < -0.3 is 15.6 Å². The molecule has 0 bridgehead atoms. The number of anilines is 1.